The third-order valence-corrected chi connectivity index (χ3v) is 4.01. The lowest BCUT2D eigenvalue weighted by molar-refractivity contribution is -0.143. The van der Waals surface area contributed by atoms with E-state index in [4.69, 9.17) is 0 Å². The Kier molecular flexibility index (Phi) is 3.70. The van der Waals surface area contributed by atoms with Crippen molar-refractivity contribution in [1.29, 1.82) is 0 Å². The van der Waals surface area contributed by atoms with Crippen molar-refractivity contribution in [3.63, 3.8) is 0 Å². The van der Waals surface area contributed by atoms with Crippen molar-refractivity contribution in [2.75, 3.05) is 6.54 Å². The van der Waals surface area contributed by atoms with E-state index in [9.17, 15) is 9.59 Å². The summed E-state index contributed by atoms with van der Waals surface area (Å²) >= 11 is 3.32. The van der Waals surface area contributed by atoms with Crippen molar-refractivity contribution in [3.8, 4) is 0 Å². The number of alkyl halides is 1. The molecule has 2 amide bonds. The van der Waals surface area contributed by atoms with Crippen LogP contribution in [-0.4, -0.2) is 28.1 Å². The van der Waals surface area contributed by atoms with E-state index >= 15 is 0 Å². The van der Waals surface area contributed by atoms with Crippen LogP contribution in [0.25, 0.3) is 0 Å². The first-order valence-corrected chi connectivity index (χ1v) is 5.86. The van der Waals surface area contributed by atoms with E-state index in [-0.39, 0.29) is 28.5 Å². The number of nitrogens with zero attached hydrogens (tertiary/aromatic N) is 1. The molecular weight excluding hydrogens is 246 g/mol. The molecule has 0 aliphatic carbocycles. The molecule has 1 saturated heterocycles. The van der Waals surface area contributed by atoms with Crippen LogP contribution in [-0.2, 0) is 9.59 Å². The number of hydrogen-bond donors (Lipinski definition) is 0. The average molecular weight is 262 g/mol. The van der Waals surface area contributed by atoms with Crippen LogP contribution in [0.1, 0.15) is 27.2 Å². The lowest BCUT2D eigenvalue weighted by Crippen LogP contribution is -2.40. The van der Waals surface area contributed by atoms with Crippen LogP contribution in [0, 0.1) is 11.8 Å². The Bertz CT molecular complexity index is 253. The summed E-state index contributed by atoms with van der Waals surface area (Å²) in [6, 6.07) is 0. The molecular formula is C10H16BrNO2. The fraction of sp³-hybridized carbons (Fsp3) is 0.800. The Balaban J connectivity index is 2.67. The molecule has 0 saturated carbocycles. The van der Waals surface area contributed by atoms with Gasteiger partial charge in [-0.25, -0.2) is 0 Å². The minimum Gasteiger partial charge on any atom is -0.281 e. The smallest absolute Gasteiger partial charge is 0.243 e. The van der Waals surface area contributed by atoms with Crippen molar-refractivity contribution in [2.45, 2.75) is 32.0 Å². The normalized spacial score (nSPS) is 24.5. The number of likely N-dealkylation sites (tertiary alicyclic amines) is 1. The van der Waals surface area contributed by atoms with Crippen LogP contribution < -0.4 is 0 Å². The lowest BCUT2D eigenvalue weighted by Gasteiger charge is -2.20. The molecule has 1 fully saturated rings. The topological polar surface area (TPSA) is 37.4 Å². The van der Waals surface area contributed by atoms with Gasteiger partial charge < -0.3 is 0 Å². The molecule has 0 spiro atoms. The molecule has 4 heteroatoms. The molecule has 0 N–H and O–H groups in total. The molecule has 14 heavy (non-hydrogen) atoms. The number of amides is 2. The van der Waals surface area contributed by atoms with Gasteiger partial charge in [0.1, 0.15) is 0 Å². The molecule has 0 bridgehead atoms. The Labute approximate surface area is 93.0 Å². The van der Waals surface area contributed by atoms with E-state index in [1.54, 1.807) is 0 Å². The zero-order valence-corrected chi connectivity index (χ0v) is 10.4. The van der Waals surface area contributed by atoms with Crippen molar-refractivity contribution in [2.24, 2.45) is 11.8 Å². The highest BCUT2D eigenvalue weighted by molar-refractivity contribution is 9.10. The summed E-state index contributed by atoms with van der Waals surface area (Å²) < 4.78 is 0. The van der Waals surface area contributed by atoms with Gasteiger partial charge in [0, 0.05) is 12.5 Å². The van der Waals surface area contributed by atoms with Gasteiger partial charge in [-0.3, -0.25) is 14.5 Å². The Hall–Kier alpha value is -0.380. The van der Waals surface area contributed by atoms with Gasteiger partial charge in [0.05, 0.1) is 4.83 Å². The zero-order valence-electron chi connectivity index (χ0n) is 8.79. The van der Waals surface area contributed by atoms with Crippen LogP contribution in [0.2, 0.25) is 0 Å². The lowest BCUT2D eigenvalue weighted by atomic mass is 10.1. The highest BCUT2D eigenvalue weighted by Crippen LogP contribution is 2.22. The Morgan fingerprint density at radius 1 is 1.57 bits per heavy atom. The van der Waals surface area contributed by atoms with Gasteiger partial charge in [0.15, 0.2) is 0 Å². The summed E-state index contributed by atoms with van der Waals surface area (Å²) in [5, 5.41) is 0. The summed E-state index contributed by atoms with van der Waals surface area (Å²) in [4.78, 5) is 24.5. The highest BCUT2D eigenvalue weighted by atomic mass is 79.9. The quantitative estimate of drug-likeness (QED) is 0.711. The summed E-state index contributed by atoms with van der Waals surface area (Å²) in [5.41, 5.74) is 0. The van der Waals surface area contributed by atoms with Crippen LogP contribution in [0.5, 0.6) is 0 Å². The SMILES string of the molecule is CC1CCN(C(=O)C(Br)C(C)C)C1=O. The van der Waals surface area contributed by atoms with Crippen molar-refractivity contribution < 1.29 is 9.59 Å². The first kappa shape index (κ1) is 11.7. The van der Waals surface area contributed by atoms with Crippen LogP contribution in [0.4, 0.5) is 0 Å². The molecule has 3 nitrogen and oxygen atoms in total. The second-order valence-corrected chi connectivity index (χ2v) is 5.15. The molecule has 2 atom stereocenters. The van der Waals surface area contributed by atoms with Crippen molar-refractivity contribution >= 4 is 27.7 Å². The number of rotatable bonds is 2. The molecule has 1 heterocycles. The van der Waals surface area contributed by atoms with Crippen LogP contribution in [0.3, 0.4) is 0 Å². The maximum atomic E-state index is 11.8. The number of halogens is 1. The van der Waals surface area contributed by atoms with E-state index in [0.29, 0.717) is 6.54 Å². The van der Waals surface area contributed by atoms with E-state index in [0.717, 1.165) is 6.42 Å². The maximum Gasteiger partial charge on any atom is 0.243 e. The maximum absolute atomic E-state index is 11.8. The standard InChI is InChI=1S/C10H16BrNO2/c1-6(2)8(11)10(14)12-5-4-7(3)9(12)13/h6-8H,4-5H2,1-3H3. The molecule has 1 rings (SSSR count). The molecule has 0 aromatic heterocycles. The fourth-order valence-electron chi connectivity index (χ4n) is 1.48. The Morgan fingerprint density at radius 2 is 2.14 bits per heavy atom. The molecule has 0 aromatic carbocycles. The van der Waals surface area contributed by atoms with Gasteiger partial charge in [-0.15, -0.1) is 0 Å². The molecule has 2 unspecified atom stereocenters. The molecule has 1 aliphatic heterocycles. The second-order valence-electron chi connectivity index (χ2n) is 4.16. The van der Waals surface area contributed by atoms with E-state index in [2.05, 4.69) is 15.9 Å². The van der Waals surface area contributed by atoms with E-state index in [1.165, 1.54) is 4.90 Å². The minimum atomic E-state index is -0.239. The van der Waals surface area contributed by atoms with Gasteiger partial charge in [-0.05, 0) is 12.3 Å². The summed E-state index contributed by atoms with van der Waals surface area (Å²) in [7, 11) is 0. The largest absolute Gasteiger partial charge is 0.281 e. The third-order valence-electron chi connectivity index (χ3n) is 2.56. The zero-order chi connectivity index (χ0) is 10.9. The molecule has 80 valence electrons. The number of carbonyl (C=O) groups excluding carboxylic acids is 2. The van der Waals surface area contributed by atoms with Crippen molar-refractivity contribution in [3.05, 3.63) is 0 Å². The fourth-order valence-corrected chi connectivity index (χ4v) is 1.72. The summed E-state index contributed by atoms with van der Waals surface area (Å²) in [5.74, 6) is 0.103. The Morgan fingerprint density at radius 3 is 2.50 bits per heavy atom. The third kappa shape index (κ3) is 2.16. The number of hydrogen-bond acceptors (Lipinski definition) is 2. The van der Waals surface area contributed by atoms with E-state index < -0.39 is 0 Å². The number of imide groups is 1. The summed E-state index contributed by atoms with van der Waals surface area (Å²) in [6.45, 7) is 6.37. The first-order valence-electron chi connectivity index (χ1n) is 4.94. The van der Waals surface area contributed by atoms with Gasteiger partial charge in [0.2, 0.25) is 11.8 Å². The highest BCUT2D eigenvalue weighted by Gasteiger charge is 2.35. The van der Waals surface area contributed by atoms with Gasteiger partial charge in [-0.2, -0.15) is 0 Å². The predicted octanol–water partition coefficient (Wildman–Crippen LogP) is 1.80. The minimum absolute atomic E-state index is 0.00538. The summed E-state index contributed by atoms with van der Waals surface area (Å²) in [6.07, 6.45) is 0.794. The van der Waals surface area contributed by atoms with Crippen LogP contribution in [0.15, 0.2) is 0 Å². The molecule has 0 radical (unpaired) electrons. The molecule has 0 aromatic rings. The van der Waals surface area contributed by atoms with Crippen molar-refractivity contribution in [1.82, 2.24) is 4.90 Å². The van der Waals surface area contributed by atoms with E-state index in [1.807, 2.05) is 20.8 Å². The van der Waals surface area contributed by atoms with Gasteiger partial charge in [-0.1, -0.05) is 36.7 Å². The second kappa shape index (κ2) is 4.43. The van der Waals surface area contributed by atoms with Gasteiger partial charge >= 0.3 is 0 Å². The number of carbonyl (C=O) groups is 2. The average Bonchev–Trinajstić information content (AvgIpc) is 2.45. The predicted molar refractivity (Wildman–Crippen MR) is 58.1 cm³/mol. The first-order chi connectivity index (χ1) is 6.45. The monoisotopic (exact) mass is 261 g/mol. The molecule has 1 aliphatic rings. The van der Waals surface area contributed by atoms with Gasteiger partial charge in [0.25, 0.3) is 0 Å². The van der Waals surface area contributed by atoms with Crippen LogP contribution >= 0.6 is 15.9 Å².